The van der Waals surface area contributed by atoms with E-state index < -0.39 is 0 Å². The number of nitrogens with one attached hydrogen (secondary N) is 1. The highest BCUT2D eigenvalue weighted by atomic mass is 16.3. The molecule has 2 rings (SSSR count). The molecule has 0 aliphatic heterocycles. The third-order valence-corrected chi connectivity index (χ3v) is 3.37. The van der Waals surface area contributed by atoms with Crippen molar-refractivity contribution in [2.24, 2.45) is 5.92 Å². The summed E-state index contributed by atoms with van der Waals surface area (Å²) < 4.78 is 0. The number of rotatable bonds is 5. The van der Waals surface area contributed by atoms with Crippen LogP contribution in [-0.4, -0.2) is 5.11 Å². The smallest absolute Gasteiger partial charge is 0.120 e. The van der Waals surface area contributed by atoms with Crippen LogP contribution in [0.25, 0.3) is 0 Å². The van der Waals surface area contributed by atoms with Gasteiger partial charge in [-0.1, -0.05) is 44.2 Å². The molecule has 2 N–H and O–H groups in total. The van der Waals surface area contributed by atoms with Gasteiger partial charge in [0.2, 0.25) is 0 Å². The van der Waals surface area contributed by atoms with Crippen molar-refractivity contribution in [1.82, 2.24) is 0 Å². The lowest BCUT2D eigenvalue weighted by molar-refractivity contribution is 0.471. The fraction of sp³-hybridized carbons (Fsp3) is 0.333. The van der Waals surface area contributed by atoms with E-state index in [4.69, 9.17) is 0 Å². The normalized spacial score (nSPS) is 10.8. The summed E-state index contributed by atoms with van der Waals surface area (Å²) in [4.78, 5) is 0. The molecule has 106 valence electrons. The zero-order chi connectivity index (χ0) is 14.5. The van der Waals surface area contributed by atoms with Crippen molar-refractivity contribution in [3.63, 3.8) is 0 Å². The molecule has 0 aliphatic rings. The van der Waals surface area contributed by atoms with E-state index in [0.29, 0.717) is 11.7 Å². The monoisotopic (exact) mass is 269 g/mol. The Bertz CT molecular complexity index is 558. The van der Waals surface area contributed by atoms with E-state index in [-0.39, 0.29) is 0 Å². The Kier molecular flexibility index (Phi) is 4.67. The van der Waals surface area contributed by atoms with Gasteiger partial charge in [-0.05, 0) is 42.0 Å². The zero-order valence-corrected chi connectivity index (χ0v) is 12.5. The van der Waals surface area contributed by atoms with Crippen LogP contribution in [0.2, 0.25) is 0 Å². The van der Waals surface area contributed by atoms with Crippen molar-refractivity contribution < 1.29 is 5.11 Å². The van der Waals surface area contributed by atoms with Gasteiger partial charge < -0.3 is 10.4 Å². The van der Waals surface area contributed by atoms with E-state index in [2.05, 4.69) is 43.4 Å². The van der Waals surface area contributed by atoms with Gasteiger partial charge in [0, 0.05) is 18.3 Å². The van der Waals surface area contributed by atoms with Crippen LogP contribution in [-0.2, 0) is 13.0 Å². The molecule has 0 atom stereocenters. The molecule has 0 aliphatic carbocycles. The fourth-order valence-electron chi connectivity index (χ4n) is 2.19. The molecule has 0 unspecified atom stereocenters. The summed E-state index contributed by atoms with van der Waals surface area (Å²) in [6, 6.07) is 14.4. The maximum Gasteiger partial charge on any atom is 0.120 e. The molecule has 0 aromatic heterocycles. The van der Waals surface area contributed by atoms with Gasteiger partial charge in [0.15, 0.2) is 0 Å². The summed E-state index contributed by atoms with van der Waals surface area (Å²) in [6.07, 6.45) is 1.12. The first-order chi connectivity index (χ1) is 9.54. The summed E-state index contributed by atoms with van der Waals surface area (Å²) in [7, 11) is 0. The summed E-state index contributed by atoms with van der Waals surface area (Å²) in [6.45, 7) is 7.13. The fourth-order valence-corrected chi connectivity index (χ4v) is 2.19. The predicted octanol–water partition coefficient (Wildman–Crippen LogP) is 4.51. The van der Waals surface area contributed by atoms with Crippen LogP contribution in [0.1, 0.15) is 30.5 Å². The minimum Gasteiger partial charge on any atom is -0.508 e. The van der Waals surface area contributed by atoms with E-state index in [1.807, 2.05) is 19.1 Å². The third-order valence-electron chi connectivity index (χ3n) is 3.37. The van der Waals surface area contributed by atoms with E-state index in [0.717, 1.165) is 24.2 Å². The van der Waals surface area contributed by atoms with Crippen LogP contribution >= 0.6 is 0 Å². The highest BCUT2D eigenvalue weighted by Gasteiger charge is 2.00. The molecule has 2 aromatic rings. The van der Waals surface area contributed by atoms with Crippen LogP contribution in [0.5, 0.6) is 5.75 Å². The highest BCUT2D eigenvalue weighted by Crippen LogP contribution is 2.21. The van der Waals surface area contributed by atoms with E-state index in [1.165, 1.54) is 11.1 Å². The highest BCUT2D eigenvalue weighted by molar-refractivity contribution is 5.51. The second-order valence-electron chi connectivity index (χ2n) is 5.77. The molecule has 0 bridgehead atoms. The molecule has 20 heavy (non-hydrogen) atoms. The van der Waals surface area contributed by atoms with Gasteiger partial charge in [0.1, 0.15) is 5.75 Å². The predicted molar refractivity (Wildman–Crippen MR) is 85.2 cm³/mol. The molecule has 0 amide bonds. The molecule has 0 saturated heterocycles. The molecular formula is C18H23NO. The Morgan fingerprint density at radius 1 is 1.00 bits per heavy atom. The first kappa shape index (κ1) is 14.4. The topological polar surface area (TPSA) is 32.3 Å². The summed E-state index contributed by atoms with van der Waals surface area (Å²) in [5.74, 6) is 1.02. The second kappa shape index (κ2) is 6.47. The van der Waals surface area contributed by atoms with E-state index >= 15 is 0 Å². The molecule has 0 fully saturated rings. The van der Waals surface area contributed by atoms with Gasteiger partial charge in [0.25, 0.3) is 0 Å². The zero-order valence-electron chi connectivity index (χ0n) is 12.5. The van der Waals surface area contributed by atoms with Gasteiger partial charge >= 0.3 is 0 Å². The molecule has 0 spiro atoms. The summed E-state index contributed by atoms with van der Waals surface area (Å²) in [5, 5.41) is 13.0. The Morgan fingerprint density at radius 2 is 1.65 bits per heavy atom. The van der Waals surface area contributed by atoms with Crippen molar-refractivity contribution in [3.05, 3.63) is 59.2 Å². The average Bonchev–Trinajstić information content (AvgIpc) is 2.41. The lowest BCUT2D eigenvalue weighted by Gasteiger charge is -2.09. The van der Waals surface area contributed by atoms with Crippen molar-refractivity contribution >= 4 is 5.69 Å². The van der Waals surface area contributed by atoms with E-state index in [1.54, 1.807) is 6.07 Å². The van der Waals surface area contributed by atoms with Crippen LogP contribution in [0.3, 0.4) is 0 Å². The summed E-state index contributed by atoms with van der Waals surface area (Å²) >= 11 is 0. The number of benzene rings is 2. The molecule has 0 heterocycles. The number of aromatic hydroxyl groups is 1. The van der Waals surface area contributed by atoms with Crippen LogP contribution in [0.4, 0.5) is 5.69 Å². The Labute approximate surface area is 121 Å². The molecule has 0 radical (unpaired) electrons. The number of anilines is 1. The van der Waals surface area contributed by atoms with E-state index in [9.17, 15) is 5.11 Å². The number of phenols is 1. The number of hydrogen-bond donors (Lipinski definition) is 2. The Morgan fingerprint density at radius 3 is 2.25 bits per heavy atom. The number of hydrogen-bond acceptors (Lipinski definition) is 2. The first-order valence-corrected chi connectivity index (χ1v) is 7.16. The number of aryl methyl sites for hydroxylation is 1. The van der Waals surface area contributed by atoms with Gasteiger partial charge in [-0.2, -0.15) is 0 Å². The minimum absolute atomic E-state index is 0.335. The van der Waals surface area contributed by atoms with Gasteiger partial charge in [-0.25, -0.2) is 0 Å². The molecule has 2 aromatic carbocycles. The molecule has 2 nitrogen and oxygen atoms in total. The average molecular weight is 269 g/mol. The molecule has 2 heteroatoms. The Balaban J connectivity index is 1.95. The third kappa shape index (κ3) is 4.02. The SMILES string of the molecule is Cc1ccc(NCc2ccc(CC(C)C)cc2)cc1O. The Hall–Kier alpha value is -1.96. The minimum atomic E-state index is 0.335. The van der Waals surface area contributed by atoms with Crippen molar-refractivity contribution in [3.8, 4) is 5.75 Å². The second-order valence-corrected chi connectivity index (χ2v) is 5.77. The van der Waals surface area contributed by atoms with Crippen molar-refractivity contribution in [2.45, 2.75) is 33.7 Å². The summed E-state index contributed by atoms with van der Waals surface area (Å²) in [5.41, 5.74) is 4.47. The first-order valence-electron chi connectivity index (χ1n) is 7.16. The quantitative estimate of drug-likeness (QED) is 0.837. The lowest BCUT2D eigenvalue weighted by atomic mass is 10.0. The van der Waals surface area contributed by atoms with Crippen molar-refractivity contribution in [1.29, 1.82) is 0 Å². The van der Waals surface area contributed by atoms with Crippen LogP contribution < -0.4 is 5.32 Å². The number of phenolic OH excluding ortho intramolecular Hbond substituents is 1. The molecular weight excluding hydrogens is 246 g/mol. The maximum atomic E-state index is 9.68. The lowest BCUT2D eigenvalue weighted by Crippen LogP contribution is -2.00. The van der Waals surface area contributed by atoms with Crippen LogP contribution in [0.15, 0.2) is 42.5 Å². The molecule has 0 saturated carbocycles. The maximum absolute atomic E-state index is 9.68. The standard InChI is InChI=1S/C18H23NO/c1-13(2)10-15-5-7-16(8-6-15)12-19-17-9-4-14(3)18(20)11-17/h4-9,11,13,19-20H,10,12H2,1-3H3. The largest absolute Gasteiger partial charge is 0.508 e. The van der Waals surface area contributed by atoms with Crippen molar-refractivity contribution in [2.75, 3.05) is 5.32 Å². The van der Waals surface area contributed by atoms with Gasteiger partial charge in [-0.15, -0.1) is 0 Å². The van der Waals surface area contributed by atoms with Crippen LogP contribution in [0, 0.1) is 12.8 Å². The van der Waals surface area contributed by atoms with Gasteiger partial charge in [-0.3, -0.25) is 0 Å². The van der Waals surface area contributed by atoms with Gasteiger partial charge in [0.05, 0.1) is 0 Å².